The monoisotopic (exact) mass is 355 g/mol. The number of rotatable bonds is 4. The third-order valence-electron chi connectivity index (χ3n) is 4.34. The highest BCUT2D eigenvalue weighted by Crippen LogP contribution is 2.19. The Labute approximate surface area is 154 Å². The average molecular weight is 355 g/mol. The SMILES string of the molecule is Cc1ccc(NC(=O)N2CCCC(Oc3ccc(N(C)C)nn3)C2)cc1. The van der Waals surface area contributed by atoms with Crippen LogP contribution in [0.5, 0.6) is 5.88 Å². The normalized spacial score (nSPS) is 16.9. The van der Waals surface area contributed by atoms with Crippen molar-refractivity contribution >= 4 is 17.5 Å². The third-order valence-corrected chi connectivity index (χ3v) is 4.34. The van der Waals surface area contributed by atoms with Gasteiger partial charge in [-0.05, 0) is 38.0 Å². The standard InChI is InChI=1S/C19H25N5O2/c1-14-6-8-15(9-7-14)20-19(25)24-12-4-5-16(13-24)26-18-11-10-17(21-22-18)23(2)3/h6-11,16H,4-5,12-13H2,1-3H3,(H,20,25). The number of nitrogens with one attached hydrogen (secondary N) is 1. The first kappa shape index (κ1) is 18.0. The summed E-state index contributed by atoms with van der Waals surface area (Å²) < 4.78 is 5.92. The van der Waals surface area contributed by atoms with E-state index >= 15 is 0 Å². The molecule has 1 aromatic heterocycles. The zero-order chi connectivity index (χ0) is 18.5. The Hall–Kier alpha value is -2.83. The fraction of sp³-hybridized carbons (Fsp3) is 0.421. The van der Waals surface area contributed by atoms with Crippen molar-refractivity contribution in [3.63, 3.8) is 0 Å². The Bertz CT molecular complexity index is 731. The highest BCUT2D eigenvalue weighted by atomic mass is 16.5. The molecule has 7 heteroatoms. The predicted molar refractivity (Wildman–Crippen MR) is 102 cm³/mol. The highest BCUT2D eigenvalue weighted by Gasteiger charge is 2.25. The Morgan fingerprint density at radius 3 is 2.62 bits per heavy atom. The molecule has 1 aromatic carbocycles. The maximum Gasteiger partial charge on any atom is 0.321 e. The van der Waals surface area contributed by atoms with E-state index in [1.165, 1.54) is 0 Å². The number of aromatic nitrogens is 2. The molecule has 1 aliphatic rings. The number of urea groups is 1. The maximum atomic E-state index is 12.5. The summed E-state index contributed by atoms with van der Waals surface area (Å²) in [6, 6.07) is 11.4. The second kappa shape index (κ2) is 8.03. The molecular formula is C19H25N5O2. The number of nitrogens with zero attached hydrogens (tertiary/aromatic N) is 4. The summed E-state index contributed by atoms with van der Waals surface area (Å²) in [6.07, 6.45) is 1.72. The number of carbonyl (C=O) groups excluding carboxylic acids is 1. The van der Waals surface area contributed by atoms with Crippen LogP contribution in [0.15, 0.2) is 36.4 Å². The molecule has 3 rings (SSSR count). The van der Waals surface area contributed by atoms with Crippen molar-refractivity contribution < 1.29 is 9.53 Å². The van der Waals surface area contributed by atoms with Crippen molar-refractivity contribution in [2.24, 2.45) is 0 Å². The minimum Gasteiger partial charge on any atom is -0.471 e. The predicted octanol–water partition coefficient (Wildman–Crippen LogP) is 2.93. The number of anilines is 2. The van der Waals surface area contributed by atoms with Crippen LogP contribution < -0.4 is 15.0 Å². The molecule has 138 valence electrons. The minimum atomic E-state index is -0.101. The van der Waals surface area contributed by atoms with Gasteiger partial charge in [0.05, 0.1) is 6.54 Å². The third kappa shape index (κ3) is 4.62. The topological polar surface area (TPSA) is 70.6 Å². The van der Waals surface area contributed by atoms with Crippen molar-refractivity contribution in [3.05, 3.63) is 42.0 Å². The Morgan fingerprint density at radius 2 is 1.96 bits per heavy atom. The van der Waals surface area contributed by atoms with E-state index in [-0.39, 0.29) is 12.1 Å². The molecule has 0 aliphatic carbocycles. The van der Waals surface area contributed by atoms with Gasteiger partial charge in [0.2, 0.25) is 5.88 Å². The molecule has 2 aromatic rings. The number of ether oxygens (including phenoxy) is 1. The first-order valence-corrected chi connectivity index (χ1v) is 8.81. The van der Waals surface area contributed by atoms with Crippen LogP contribution in [0.2, 0.25) is 0 Å². The minimum absolute atomic E-state index is 0.0768. The molecule has 0 saturated carbocycles. The lowest BCUT2D eigenvalue weighted by Crippen LogP contribution is -2.46. The molecular weight excluding hydrogens is 330 g/mol. The van der Waals surface area contributed by atoms with Crippen LogP contribution in [-0.4, -0.2) is 54.4 Å². The van der Waals surface area contributed by atoms with E-state index in [9.17, 15) is 4.79 Å². The number of likely N-dealkylation sites (tertiary alicyclic amines) is 1. The molecule has 0 radical (unpaired) electrons. The summed E-state index contributed by atoms with van der Waals surface area (Å²) in [5.74, 6) is 1.27. The molecule has 0 bridgehead atoms. The summed E-state index contributed by atoms with van der Waals surface area (Å²) >= 11 is 0. The van der Waals surface area contributed by atoms with Crippen LogP contribution in [0.25, 0.3) is 0 Å². The van der Waals surface area contributed by atoms with Crippen LogP contribution in [0.4, 0.5) is 16.3 Å². The maximum absolute atomic E-state index is 12.5. The Morgan fingerprint density at radius 1 is 1.19 bits per heavy atom. The number of hydrogen-bond donors (Lipinski definition) is 1. The number of carbonyl (C=O) groups is 1. The molecule has 26 heavy (non-hydrogen) atoms. The lowest BCUT2D eigenvalue weighted by molar-refractivity contribution is 0.102. The van der Waals surface area contributed by atoms with E-state index in [1.807, 2.05) is 62.3 Å². The zero-order valence-electron chi connectivity index (χ0n) is 15.5. The van der Waals surface area contributed by atoms with Gasteiger partial charge in [0.25, 0.3) is 0 Å². The number of amides is 2. The number of piperidine rings is 1. The van der Waals surface area contributed by atoms with Crippen LogP contribution in [0.3, 0.4) is 0 Å². The fourth-order valence-electron chi connectivity index (χ4n) is 2.84. The van der Waals surface area contributed by atoms with Gasteiger partial charge in [-0.25, -0.2) is 4.79 Å². The number of aryl methyl sites for hydroxylation is 1. The van der Waals surface area contributed by atoms with E-state index in [0.29, 0.717) is 12.4 Å². The first-order valence-electron chi connectivity index (χ1n) is 8.81. The van der Waals surface area contributed by atoms with Gasteiger partial charge in [0.15, 0.2) is 5.82 Å². The summed E-state index contributed by atoms with van der Waals surface area (Å²) in [5.41, 5.74) is 1.96. The van der Waals surface area contributed by atoms with Gasteiger partial charge in [-0.2, -0.15) is 0 Å². The van der Waals surface area contributed by atoms with Gasteiger partial charge < -0.3 is 19.9 Å². The van der Waals surface area contributed by atoms with Gasteiger partial charge in [0, 0.05) is 32.4 Å². The van der Waals surface area contributed by atoms with Gasteiger partial charge in [0.1, 0.15) is 6.10 Å². The summed E-state index contributed by atoms with van der Waals surface area (Å²) in [5, 5.41) is 11.2. The van der Waals surface area contributed by atoms with E-state index in [0.717, 1.165) is 36.5 Å². The molecule has 7 nitrogen and oxygen atoms in total. The summed E-state index contributed by atoms with van der Waals surface area (Å²) in [4.78, 5) is 16.2. The molecule has 1 unspecified atom stereocenters. The van der Waals surface area contributed by atoms with Gasteiger partial charge in [-0.15, -0.1) is 10.2 Å². The van der Waals surface area contributed by atoms with Gasteiger partial charge in [-0.1, -0.05) is 17.7 Å². The zero-order valence-corrected chi connectivity index (χ0v) is 15.5. The van der Waals surface area contributed by atoms with E-state index in [1.54, 1.807) is 4.90 Å². The summed E-state index contributed by atoms with van der Waals surface area (Å²) in [7, 11) is 3.83. The Balaban J connectivity index is 1.56. The van der Waals surface area contributed by atoms with Gasteiger partial charge in [-0.3, -0.25) is 0 Å². The number of benzene rings is 1. The van der Waals surface area contributed by atoms with Crippen LogP contribution in [-0.2, 0) is 0 Å². The van der Waals surface area contributed by atoms with Crippen molar-refractivity contribution in [1.82, 2.24) is 15.1 Å². The van der Waals surface area contributed by atoms with Crippen LogP contribution in [0.1, 0.15) is 18.4 Å². The highest BCUT2D eigenvalue weighted by molar-refractivity contribution is 5.89. The lowest BCUT2D eigenvalue weighted by Gasteiger charge is -2.32. The van der Waals surface area contributed by atoms with Crippen molar-refractivity contribution in [1.29, 1.82) is 0 Å². The summed E-state index contributed by atoms with van der Waals surface area (Å²) in [6.45, 7) is 3.28. The fourth-order valence-corrected chi connectivity index (χ4v) is 2.84. The van der Waals surface area contributed by atoms with Crippen LogP contribution in [0, 0.1) is 6.92 Å². The second-order valence-electron chi connectivity index (χ2n) is 6.75. The smallest absolute Gasteiger partial charge is 0.321 e. The molecule has 1 aliphatic heterocycles. The number of hydrogen-bond acceptors (Lipinski definition) is 5. The van der Waals surface area contributed by atoms with Crippen LogP contribution >= 0.6 is 0 Å². The van der Waals surface area contributed by atoms with Gasteiger partial charge >= 0.3 is 6.03 Å². The molecule has 1 fully saturated rings. The molecule has 1 saturated heterocycles. The molecule has 1 atom stereocenters. The van der Waals surface area contributed by atoms with Crippen molar-refractivity contribution in [3.8, 4) is 5.88 Å². The molecule has 2 heterocycles. The molecule has 0 spiro atoms. The van der Waals surface area contributed by atoms with Crippen molar-refractivity contribution in [2.75, 3.05) is 37.4 Å². The van der Waals surface area contributed by atoms with E-state index in [2.05, 4.69) is 15.5 Å². The first-order chi connectivity index (χ1) is 12.5. The quantitative estimate of drug-likeness (QED) is 0.913. The Kier molecular flexibility index (Phi) is 5.55. The van der Waals surface area contributed by atoms with E-state index in [4.69, 9.17) is 4.74 Å². The lowest BCUT2D eigenvalue weighted by atomic mass is 10.1. The molecule has 1 N–H and O–H groups in total. The van der Waals surface area contributed by atoms with E-state index < -0.39 is 0 Å². The molecule has 2 amide bonds. The average Bonchev–Trinajstić information content (AvgIpc) is 2.64. The largest absolute Gasteiger partial charge is 0.471 e. The second-order valence-corrected chi connectivity index (χ2v) is 6.75. The van der Waals surface area contributed by atoms with Crippen molar-refractivity contribution in [2.45, 2.75) is 25.9 Å².